The molecule has 3 rings (SSSR count). The molecule has 0 amide bonds. The van der Waals surface area contributed by atoms with Crippen LogP contribution in [0.1, 0.15) is 24.1 Å². The van der Waals surface area contributed by atoms with Gasteiger partial charge in [0.2, 0.25) is 0 Å². The first-order valence-electron chi connectivity index (χ1n) is 7.46. The summed E-state index contributed by atoms with van der Waals surface area (Å²) in [5, 5.41) is 12.9. The number of aliphatic hydroxyl groups excluding tert-OH is 1. The predicted octanol–water partition coefficient (Wildman–Crippen LogP) is 2.05. The summed E-state index contributed by atoms with van der Waals surface area (Å²) in [6.07, 6.45) is 1.15. The molecule has 0 saturated carbocycles. The molecule has 1 aromatic heterocycles. The monoisotopic (exact) mass is 302 g/mol. The van der Waals surface area contributed by atoms with Crippen molar-refractivity contribution in [1.82, 2.24) is 9.88 Å². The Balaban J connectivity index is 1.82. The molecule has 5 heteroatoms. The van der Waals surface area contributed by atoms with E-state index in [9.17, 15) is 14.3 Å². The van der Waals surface area contributed by atoms with Crippen LogP contribution < -0.4 is 10.9 Å². The Bertz CT molecular complexity index is 693. The van der Waals surface area contributed by atoms with Crippen LogP contribution in [0.3, 0.4) is 0 Å². The summed E-state index contributed by atoms with van der Waals surface area (Å²) in [5.74, 6) is 0. The number of halogens is 1. The number of rotatable bonds is 5. The quantitative estimate of drug-likeness (QED) is 0.889. The number of hydrogen-bond acceptors (Lipinski definition) is 3. The summed E-state index contributed by atoms with van der Waals surface area (Å²) in [7, 11) is 0. The van der Waals surface area contributed by atoms with Crippen LogP contribution in [0.5, 0.6) is 0 Å². The van der Waals surface area contributed by atoms with E-state index in [4.69, 9.17) is 0 Å². The maximum atomic E-state index is 12.3. The highest BCUT2D eigenvalue weighted by molar-refractivity contribution is 5.63. The van der Waals surface area contributed by atoms with Gasteiger partial charge in [0.15, 0.2) is 0 Å². The second-order valence-electron chi connectivity index (χ2n) is 5.59. The number of alkyl halides is 1. The van der Waals surface area contributed by atoms with Gasteiger partial charge in [-0.05, 0) is 22.8 Å². The van der Waals surface area contributed by atoms with E-state index in [1.807, 2.05) is 24.4 Å². The van der Waals surface area contributed by atoms with Gasteiger partial charge in [-0.25, -0.2) is 0 Å². The van der Waals surface area contributed by atoms with Crippen LogP contribution >= 0.6 is 0 Å². The SMILES string of the molecule is O=c1cc(-c2ccc(C(O)CCF)cc2)ccn1C1CNC1. The molecule has 0 bridgehead atoms. The molecular formula is C17H19FN2O2. The van der Waals surface area contributed by atoms with Crippen molar-refractivity contribution >= 4 is 0 Å². The van der Waals surface area contributed by atoms with Gasteiger partial charge in [0.1, 0.15) is 0 Å². The van der Waals surface area contributed by atoms with Gasteiger partial charge < -0.3 is 15.0 Å². The van der Waals surface area contributed by atoms with E-state index in [0.29, 0.717) is 5.56 Å². The van der Waals surface area contributed by atoms with E-state index in [-0.39, 0.29) is 18.0 Å². The lowest BCUT2D eigenvalue weighted by atomic mass is 10.0. The van der Waals surface area contributed by atoms with Crippen molar-refractivity contribution in [3.05, 3.63) is 58.5 Å². The van der Waals surface area contributed by atoms with Gasteiger partial charge in [0.25, 0.3) is 5.56 Å². The van der Waals surface area contributed by atoms with Gasteiger partial charge in [0, 0.05) is 31.8 Å². The first-order valence-corrected chi connectivity index (χ1v) is 7.46. The minimum atomic E-state index is -0.779. The highest BCUT2D eigenvalue weighted by Gasteiger charge is 2.19. The van der Waals surface area contributed by atoms with E-state index in [0.717, 1.165) is 24.2 Å². The molecular weight excluding hydrogens is 283 g/mol. The van der Waals surface area contributed by atoms with Crippen LogP contribution in [-0.4, -0.2) is 29.4 Å². The molecule has 22 heavy (non-hydrogen) atoms. The van der Waals surface area contributed by atoms with E-state index < -0.39 is 12.8 Å². The Morgan fingerprint density at radius 3 is 2.50 bits per heavy atom. The van der Waals surface area contributed by atoms with E-state index >= 15 is 0 Å². The van der Waals surface area contributed by atoms with Crippen molar-refractivity contribution < 1.29 is 9.50 Å². The van der Waals surface area contributed by atoms with Crippen molar-refractivity contribution in [2.24, 2.45) is 0 Å². The molecule has 1 unspecified atom stereocenters. The minimum absolute atomic E-state index is 0.00876. The van der Waals surface area contributed by atoms with E-state index in [2.05, 4.69) is 5.32 Å². The zero-order chi connectivity index (χ0) is 15.5. The maximum absolute atomic E-state index is 12.3. The Hall–Kier alpha value is -1.98. The van der Waals surface area contributed by atoms with E-state index in [1.165, 1.54) is 0 Å². The van der Waals surface area contributed by atoms with Gasteiger partial charge in [0.05, 0.1) is 18.8 Å². The lowest BCUT2D eigenvalue weighted by Gasteiger charge is -2.29. The average molecular weight is 302 g/mol. The lowest BCUT2D eigenvalue weighted by molar-refractivity contribution is 0.156. The first kappa shape index (κ1) is 14.9. The van der Waals surface area contributed by atoms with Crippen LogP contribution in [0.25, 0.3) is 11.1 Å². The topological polar surface area (TPSA) is 54.3 Å². The van der Waals surface area contributed by atoms with Crippen LogP contribution in [0.15, 0.2) is 47.4 Å². The molecule has 2 heterocycles. The Morgan fingerprint density at radius 1 is 1.23 bits per heavy atom. The van der Waals surface area contributed by atoms with Crippen molar-refractivity contribution in [3.63, 3.8) is 0 Å². The standard InChI is InChI=1S/C17H19FN2O2/c18-7-5-16(21)13-3-1-12(2-4-13)14-6-8-20(17(22)9-14)15-10-19-11-15/h1-4,6,8-9,15-16,19,21H,5,7,10-11H2. The number of pyridine rings is 1. The van der Waals surface area contributed by atoms with Gasteiger partial charge in [-0.2, -0.15) is 0 Å². The van der Waals surface area contributed by atoms with Gasteiger partial charge >= 0.3 is 0 Å². The Labute approximate surface area is 128 Å². The highest BCUT2D eigenvalue weighted by Crippen LogP contribution is 2.23. The number of aliphatic hydroxyl groups is 1. The minimum Gasteiger partial charge on any atom is -0.388 e. The lowest BCUT2D eigenvalue weighted by Crippen LogP contribution is -2.46. The second kappa shape index (κ2) is 6.42. The molecule has 1 fully saturated rings. The second-order valence-corrected chi connectivity index (χ2v) is 5.59. The van der Waals surface area contributed by atoms with E-state index in [1.54, 1.807) is 22.8 Å². The number of hydrogen-bond donors (Lipinski definition) is 2. The third-order valence-corrected chi connectivity index (χ3v) is 4.11. The Morgan fingerprint density at radius 2 is 1.95 bits per heavy atom. The van der Waals surface area contributed by atoms with Crippen LogP contribution in [-0.2, 0) is 0 Å². The van der Waals surface area contributed by atoms with Crippen molar-refractivity contribution in [2.75, 3.05) is 19.8 Å². The number of benzene rings is 1. The molecule has 1 aromatic carbocycles. The summed E-state index contributed by atoms with van der Waals surface area (Å²) in [6.45, 7) is 1.12. The molecule has 4 nitrogen and oxygen atoms in total. The molecule has 0 radical (unpaired) electrons. The fourth-order valence-corrected chi connectivity index (χ4v) is 2.61. The largest absolute Gasteiger partial charge is 0.388 e. The summed E-state index contributed by atoms with van der Waals surface area (Å²) in [5.41, 5.74) is 2.44. The molecule has 1 saturated heterocycles. The average Bonchev–Trinajstić information content (AvgIpc) is 2.48. The molecule has 1 atom stereocenters. The molecule has 0 spiro atoms. The molecule has 2 N–H and O–H groups in total. The van der Waals surface area contributed by atoms with Crippen molar-refractivity contribution in [3.8, 4) is 11.1 Å². The fraction of sp³-hybridized carbons (Fsp3) is 0.353. The molecule has 0 aliphatic carbocycles. The molecule has 1 aliphatic heterocycles. The highest BCUT2D eigenvalue weighted by atomic mass is 19.1. The molecule has 116 valence electrons. The summed E-state index contributed by atoms with van der Waals surface area (Å²) >= 11 is 0. The van der Waals surface area contributed by atoms with Crippen LogP contribution in [0.4, 0.5) is 4.39 Å². The third-order valence-electron chi connectivity index (χ3n) is 4.11. The third kappa shape index (κ3) is 2.96. The smallest absolute Gasteiger partial charge is 0.251 e. The number of nitrogens with zero attached hydrogens (tertiary/aromatic N) is 1. The van der Waals surface area contributed by atoms with Gasteiger partial charge in [-0.3, -0.25) is 9.18 Å². The Kier molecular flexibility index (Phi) is 4.36. The predicted molar refractivity (Wildman–Crippen MR) is 83.6 cm³/mol. The first-order chi connectivity index (χ1) is 10.7. The summed E-state index contributed by atoms with van der Waals surface area (Å²) in [4.78, 5) is 12.2. The summed E-state index contributed by atoms with van der Waals surface area (Å²) < 4.78 is 14.0. The molecule has 1 aliphatic rings. The van der Waals surface area contributed by atoms with Crippen molar-refractivity contribution in [2.45, 2.75) is 18.6 Å². The zero-order valence-electron chi connectivity index (χ0n) is 12.2. The maximum Gasteiger partial charge on any atom is 0.251 e. The van der Waals surface area contributed by atoms with Gasteiger partial charge in [-0.1, -0.05) is 24.3 Å². The van der Waals surface area contributed by atoms with Crippen molar-refractivity contribution in [1.29, 1.82) is 0 Å². The fourth-order valence-electron chi connectivity index (χ4n) is 2.61. The zero-order valence-corrected chi connectivity index (χ0v) is 12.2. The molecule has 2 aromatic rings. The summed E-state index contributed by atoms with van der Waals surface area (Å²) in [6, 6.07) is 11.0. The van der Waals surface area contributed by atoms with Crippen LogP contribution in [0.2, 0.25) is 0 Å². The van der Waals surface area contributed by atoms with Crippen LogP contribution in [0, 0.1) is 0 Å². The number of nitrogens with one attached hydrogen (secondary N) is 1. The number of aromatic nitrogens is 1. The van der Waals surface area contributed by atoms with Gasteiger partial charge in [-0.15, -0.1) is 0 Å². The normalized spacial score (nSPS) is 16.3.